The van der Waals surface area contributed by atoms with Crippen molar-refractivity contribution in [1.82, 2.24) is 14.4 Å². The van der Waals surface area contributed by atoms with Crippen molar-refractivity contribution in [2.24, 2.45) is 5.73 Å². The summed E-state index contributed by atoms with van der Waals surface area (Å²) in [6, 6.07) is 75.3. The van der Waals surface area contributed by atoms with E-state index >= 15 is 0 Å². The van der Waals surface area contributed by atoms with E-state index < -0.39 is 15.6 Å². The molecule has 0 fully saturated rings. The normalized spacial score (nSPS) is 12.1. The van der Waals surface area contributed by atoms with E-state index in [0.717, 1.165) is 44.5 Å². The van der Waals surface area contributed by atoms with E-state index in [1.807, 2.05) is 94.6 Å². The van der Waals surface area contributed by atoms with Crippen LogP contribution in [0.1, 0.15) is 122 Å². The minimum absolute atomic E-state index is 0.0603. The smallest absolute Gasteiger partial charge is 0.376 e. The number of alkyl halides is 3. The zero-order valence-corrected chi connectivity index (χ0v) is 55.5. The van der Waals surface area contributed by atoms with Gasteiger partial charge in [0.05, 0.1) is 34.4 Å². The van der Waals surface area contributed by atoms with Gasteiger partial charge in [-0.2, -0.15) is 26.9 Å². The number of nitrogens with zero attached hydrogens (tertiary/aromatic N) is 4. The van der Waals surface area contributed by atoms with Gasteiger partial charge in [0.25, 0.3) is 0 Å². The van der Waals surface area contributed by atoms with Crippen LogP contribution in [0.4, 0.5) is 13.2 Å². The molecule has 13 rings (SSSR count). The topological polar surface area (TPSA) is 123 Å². The number of rotatable bonds is 4. The highest BCUT2D eigenvalue weighted by atomic mass is 32.2. The summed E-state index contributed by atoms with van der Waals surface area (Å²) in [5.74, 6) is 0.652. The number of imidazole rings is 1. The van der Waals surface area contributed by atoms with Gasteiger partial charge in [0, 0.05) is 23.2 Å². The Balaban J connectivity index is 0.000000140. The molecule has 10 aromatic carbocycles. The lowest BCUT2D eigenvalue weighted by Gasteiger charge is -2.22. The Morgan fingerprint density at radius 1 is 0.489 bits per heavy atom. The lowest BCUT2D eigenvalue weighted by molar-refractivity contribution is -0.0500. The quantitative estimate of drug-likeness (QED) is 0.137. The van der Waals surface area contributed by atoms with Crippen molar-refractivity contribution in [3.8, 4) is 23.2 Å². The first kappa shape index (κ1) is 67.0. The summed E-state index contributed by atoms with van der Waals surface area (Å²) in [6.45, 7) is 28.4. The molecule has 0 unspecified atom stereocenters. The largest absolute Gasteiger partial charge is 0.534 e. The molecule has 0 aliphatic heterocycles. The van der Waals surface area contributed by atoms with Crippen LogP contribution in [0.2, 0.25) is 0 Å². The molecule has 13 aromatic rings. The van der Waals surface area contributed by atoms with Crippen molar-refractivity contribution in [2.75, 3.05) is 0 Å². The molecule has 8 nitrogen and oxygen atoms in total. The van der Waals surface area contributed by atoms with Gasteiger partial charge in [-0.25, -0.2) is 4.98 Å². The van der Waals surface area contributed by atoms with Gasteiger partial charge in [0.15, 0.2) is 0 Å². The predicted molar refractivity (Wildman–Crippen MR) is 377 cm³/mol. The molecule has 0 spiro atoms. The fourth-order valence-electron chi connectivity index (χ4n) is 11.4. The molecule has 12 heteroatoms. The Morgan fingerprint density at radius 2 is 0.924 bits per heavy atom. The average molecular weight is 1250 g/mol. The number of benzene rings is 10. The van der Waals surface area contributed by atoms with Gasteiger partial charge in [-0.1, -0.05) is 235 Å². The molecule has 0 amide bonds. The molecule has 2 N–H and O–H groups in total. The number of nitriles is 1. The highest BCUT2D eigenvalue weighted by Gasteiger charge is 2.48. The Kier molecular flexibility index (Phi) is 19.5. The van der Waals surface area contributed by atoms with Crippen LogP contribution in [0, 0.1) is 18.3 Å². The summed E-state index contributed by atoms with van der Waals surface area (Å²) in [7, 11) is -5.68. The fourth-order valence-corrected chi connectivity index (χ4v) is 11.9. The SMILES string of the molecule is CC(C)(C)c1cc(-c2ncc3ccc4ccccc4n23)cc2ccccc12.CC(C)(C)c1cc(C#N)cc2ccccc12.CC(C)(C)c1cc(CN)cc2ccccc12.CC(C)(C)c1cc(OS(=O)(=O)C(F)(F)F)cc2ccccc12.Cc1ccc2ccccc2n1. The third kappa shape index (κ3) is 15.5. The first-order valence-electron chi connectivity index (χ1n) is 30.8. The van der Waals surface area contributed by atoms with Gasteiger partial charge in [-0.3, -0.25) is 9.38 Å². The van der Waals surface area contributed by atoms with Crippen molar-refractivity contribution in [3.63, 3.8) is 0 Å². The summed E-state index contributed by atoms with van der Waals surface area (Å²) in [6.07, 6.45) is 1.97. The van der Waals surface area contributed by atoms with Crippen molar-refractivity contribution < 1.29 is 25.8 Å². The second-order valence-corrected chi connectivity index (χ2v) is 28.8. The number of pyridine rings is 2. The third-order valence-electron chi connectivity index (χ3n) is 16.0. The monoisotopic (exact) mass is 1250 g/mol. The fraction of sp³-hybridized carbons (Fsp3) is 0.237. The molecule has 0 aliphatic carbocycles. The minimum atomic E-state index is -5.68. The Bertz CT molecular complexity index is 4980. The van der Waals surface area contributed by atoms with Crippen LogP contribution in [0.15, 0.2) is 225 Å². The molecule has 0 radical (unpaired) electrons. The van der Waals surface area contributed by atoms with Gasteiger partial charge in [0.1, 0.15) is 11.6 Å². The van der Waals surface area contributed by atoms with Gasteiger partial charge in [0.2, 0.25) is 0 Å². The van der Waals surface area contributed by atoms with Crippen LogP contribution in [0.3, 0.4) is 0 Å². The summed E-state index contributed by atoms with van der Waals surface area (Å²) in [5, 5.41) is 20.5. The van der Waals surface area contributed by atoms with E-state index in [2.05, 4.69) is 215 Å². The van der Waals surface area contributed by atoms with E-state index in [-0.39, 0.29) is 27.4 Å². The number of aromatic nitrogens is 3. The summed E-state index contributed by atoms with van der Waals surface area (Å²) < 4.78 is 66.2. The van der Waals surface area contributed by atoms with Crippen LogP contribution in [0.25, 0.3) is 81.8 Å². The number of fused-ring (bicyclic) bond motifs is 8. The highest BCUT2D eigenvalue weighted by molar-refractivity contribution is 7.88. The van der Waals surface area contributed by atoms with Crippen LogP contribution in [0.5, 0.6) is 5.75 Å². The lowest BCUT2D eigenvalue weighted by atomic mass is 9.82. The number of para-hydroxylation sites is 2. The number of nitrogens with two attached hydrogens (primary N) is 1. The molecule has 0 saturated heterocycles. The summed E-state index contributed by atoms with van der Waals surface area (Å²) >= 11 is 0. The molecule has 0 aliphatic rings. The van der Waals surface area contributed by atoms with E-state index in [9.17, 15) is 21.6 Å². The zero-order valence-electron chi connectivity index (χ0n) is 54.7. The van der Waals surface area contributed by atoms with Gasteiger partial charge < -0.3 is 9.92 Å². The molecule has 0 bridgehead atoms. The van der Waals surface area contributed by atoms with E-state index in [0.29, 0.717) is 17.5 Å². The number of aryl methyl sites for hydroxylation is 1. The Hall–Kier alpha value is -9.41. The van der Waals surface area contributed by atoms with E-state index in [4.69, 9.17) is 16.0 Å². The number of hydrogen-bond donors (Lipinski definition) is 1. The first-order chi connectivity index (χ1) is 43.3. The van der Waals surface area contributed by atoms with E-state index in [1.165, 1.54) is 77.6 Å². The van der Waals surface area contributed by atoms with Crippen molar-refractivity contribution in [2.45, 2.75) is 124 Å². The van der Waals surface area contributed by atoms with Crippen LogP contribution >= 0.6 is 0 Å². The van der Waals surface area contributed by atoms with Crippen LogP contribution in [-0.2, 0) is 38.3 Å². The summed E-state index contributed by atoms with van der Waals surface area (Å²) in [4.78, 5) is 9.18. The van der Waals surface area contributed by atoms with Gasteiger partial charge in [-0.05, 0) is 172 Å². The average Bonchev–Trinajstić information content (AvgIpc) is 1.47. The van der Waals surface area contributed by atoms with Crippen molar-refractivity contribution >= 4 is 80.5 Å². The molecular weight excluding hydrogens is 1170 g/mol. The minimum Gasteiger partial charge on any atom is -0.376 e. The van der Waals surface area contributed by atoms with Crippen molar-refractivity contribution in [1.29, 1.82) is 5.26 Å². The first-order valence-corrected chi connectivity index (χ1v) is 32.2. The molecule has 470 valence electrons. The molecule has 92 heavy (non-hydrogen) atoms. The maximum atomic E-state index is 12.5. The molecule has 0 atom stereocenters. The third-order valence-corrected chi connectivity index (χ3v) is 16.9. The lowest BCUT2D eigenvalue weighted by Crippen LogP contribution is -2.28. The molecule has 0 saturated carbocycles. The van der Waals surface area contributed by atoms with Crippen molar-refractivity contribution in [3.05, 3.63) is 264 Å². The molecular formula is C80H80F3N5O3S. The molecule has 3 heterocycles. The second kappa shape index (κ2) is 26.8. The zero-order chi connectivity index (χ0) is 66.6. The van der Waals surface area contributed by atoms with Crippen LogP contribution < -0.4 is 9.92 Å². The predicted octanol–water partition coefficient (Wildman–Crippen LogP) is 21.1. The number of hydrogen-bond acceptors (Lipinski definition) is 7. The summed E-state index contributed by atoms with van der Waals surface area (Å²) in [5.41, 5.74) is 12.4. The van der Waals surface area contributed by atoms with Gasteiger partial charge >= 0.3 is 15.6 Å². The highest BCUT2D eigenvalue weighted by Crippen LogP contribution is 2.39. The number of halogens is 3. The maximum absolute atomic E-state index is 12.5. The van der Waals surface area contributed by atoms with E-state index in [1.54, 1.807) is 12.1 Å². The molecule has 3 aromatic heterocycles. The second-order valence-electron chi connectivity index (χ2n) is 27.2. The Morgan fingerprint density at radius 3 is 1.45 bits per heavy atom. The Labute approximate surface area is 539 Å². The van der Waals surface area contributed by atoms with Gasteiger partial charge in [-0.15, -0.1) is 0 Å². The standard InChI is InChI=1S/C25H22N2.C15H15F3O3S.C15H19N.C15H15N.C10H9N/c1-25(2,3)22-15-19(14-18-9-4-6-10-21(18)22)24-26-16-20-13-12-17-8-5-7-11-23(17)27(20)24;1-14(2,3)13-9-11(21-22(19,20)15(16,17)18)8-10-6-4-5-7-12(10)13;2*1-15(2,3)14-9-11(10-16)8-12-6-4-5-7-13(12)14;1-8-6-7-9-4-2-3-5-10(9)11-8/h4-16H,1-3H3;4-9H,1-3H3;4-9H,10,16H2,1-3H3;4-9H,1-3H3;2-7H,1H3. The van der Waals surface area contributed by atoms with Crippen LogP contribution in [-0.4, -0.2) is 28.3 Å². The maximum Gasteiger partial charge on any atom is 0.534 e.